The Morgan fingerprint density at radius 3 is 2.09 bits per heavy atom. The third-order valence-corrected chi connectivity index (χ3v) is 4.47. The fourth-order valence-electron chi connectivity index (χ4n) is 2.15. The average Bonchev–Trinajstić information content (AvgIpc) is 2.40. The van der Waals surface area contributed by atoms with Crippen molar-refractivity contribution >= 4 is 16.1 Å². The molecule has 136 valence electrons. The molecule has 0 bridgehead atoms. The van der Waals surface area contributed by atoms with Crippen molar-refractivity contribution in [2.24, 2.45) is 0 Å². The lowest BCUT2D eigenvalue weighted by atomic mass is 10.1. The number of carbonyl (C=O) groups is 1. The highest BCUT2D eigenvalue weighted by atomic mass is 32.2. The summed E-state index contributed by atoms with van der Waals surface area (Å²) < 4.78 is 37.2. The minimum Gasteiger partial charge on any atom is -0.748 e. The summed E-state index contributed by atoms with van der Waals surface area (Å²) in [6.07, 6.45) is 5.40. The summed E-state index contributed by atoms with van der Waals surface area (Å²) in [7, 11) is 0.155. The summed E-state index contributed by atoms with van der Waals surface area (Å²) in [6.45, 7) is 7.33. The maximum absolute atomic E-state index is 11.3. The predicted octanol–water partition coefficient (Wildman–Crippen LogP) is 2.07. The van der Waals surface area contributed by atoms with Crippen LogP contribution in [0.2, 0.25) is 0 Å². The zero-order valence-corrected chi connectivity index (χ0v) is 15.5. The van der Waals surface area contributed by atoms with E-state index >= 15 is 0 Å². The first-order valence-electron chi connectivity index (χ1n) is 8.12. The highest BCUT2D eigenvalue weighted by molar-refractivity contribution is 7.85. The standard InChI is InChI=1S/C16H31NO5S/c1-15(2)16(18)22-13-12-17(3,4)11-9-7-5-6-8-10-14-23(19,20)21/h1,5-14H2,2-4H3. The second-order valence-electron chi connectivity index (χ2n) is 6.68. The van der Waals surface area contributed by atoms with Gasteiger partial charge >= 0.3 is 5.97 Å². The van der Waals surface area contributed by atoms with Crippen molar-refractivity contribution < 1.29 is 27.0 Å². The molecule has 0 aliphatic heterocycles. The normalized spacial score (nSPS) is 12.2. The number of nitrogens with zero attached hydrogens (tertiary/aromatic N) is 1. The van der Waals surface area contributed by atoms with Gasteiger partial charge in [-0.1, -0.05) is 25.8 Å². The number of ether oxygens (including phenoxy) is 1. The highest BCUT2D eigenvalue weighted by Crippen LogP contribution is 2.09. The van der Waals surface area contributed by atoms with Crippen molar-refractivity contribution in [2.75, 3.05) is 39.5 Å². The molecule has 0 atom stereocenters. The van der Waals surface area contributed by atoms with E-state index in [1.807, 2.05) is 0 Å². The van der Waals surface area contributed by atoms with Crippen LogP contribution in [0, 0.1) is 0 Å². The van der Waals surface area contributed by atoms with Crippen LogP contribution in [0.3, 0.4) is 0 Å². The fraction of sp³-hybridized carbons (Fsp3) is 0.812. The van der Waals surface area contributed by atoms with E-state index in [2.05, 4.69) is 20.7 Å². The van der Waals surface area contributed by atoms with E-state index in [0.29, 0.717) is 18.6 Å². The fourth-order valence-corrected chi connectivity index (χ4v) is 2.70. The van der Waals surface area contributed by atoms with Gasteiger partial charge in [0.15, 0.2) is 0 Å². The Morgan fingerprint density at radius 1 is 1.04 bits per heavy atom. The molecule has 0 unspecified atom stereocenters. The summed E-state index contributed by atoms with van der Waals surface area (Å²) in [5, 5.41) is 0. The van der Waals surface area contributed by atoms with Crippen LogP contribution in [0.4, 0.5) is 0 Å². The Bertz CT molecular complexity index is 471. The number of unbranched alkanes of at least 4 members (excludes halogenated alkanes) is 5. The number of hydrogen-bond acceptors (Lipinski definition) is 5. The number of carbonyl (C=O) groups excluding carboxylic acids is 1. The second kappa shape index (κ2) is 10.8. The molecule has 0 aromatic carbocycles. The van der Waals surface area contributed by atoms with Crippen LogP contribution in [-0.2, 0) is 19.6 Å². The maximum atomic E-state index is 11.3. The zero-order chi connectivity index (χ0) is 17.9. The molecular formula is C16H31NO5S. The first kappa shape index (κ1) is 22.1. The molecule has 0 saturated carbocycles. The third kappa shape index (κ3) is 14.4. The smallest absolute Gasteiger partial charge is 0.333 e. The van der Waals surface area contributed by atoms with Gasteiger partial charge in [0, 0.05) is 11.3 Å². The molecule has 0 N–H and O–H groups in total. The van der Waals surface area contributed by atoms with Gasteiger partial charge in [0.2, 0.25) is 0 Å². The largest absolute Gasteiger partial charge is 0.748 e. The molecule has 0 amide bonds. The first-order chi connectivity index (χ1) is 10.5. The Balaban J connectivity index is 3.62. The van der Waals surface area contributed by atoms with Gasteiger partial charge < -0.3 is 13.8 Å². The van der Waals surface area contributed by atoms with Crippen molar-refractivity contribution in [1.82, 2.24) is 0 Å². The van der Waals surface area contributed by atoms with Gasteiger partial charge in [0.1, 0.15) is 13.2 Å². The number of esters is 1. The molecule has 0 fully saturated rings. The average molecular weight is 349 g/mol. The lowest BCUT2D eigenvalue weighted by Gasteiger charge is -2.29. The Kier molecular flexibility index (Phi) is 10.3. The molecule has 7 heteroatoms. The lowest BCUT2D eigenvalue weighted by Crippen LogP contribution is -2.43. The quantitative estimate of drug-likeness (QED) is 0.167. The van der Waals surface area contributed by atoms with Crippen LogP contribution in [-0.4, -0.2) is 63.0 Å². The van der Waals surface area contributed by atoms with Crippen molar-refractivity contribution in [3.8, 4) is 0 Å². The molecule has 6 nitrogen and oxygen atoms in total. The Morgan fingerprint density at radius 2 is 1.57 bits per heavy atom. The summed E-state index contributed by atoms with van der Waals surface area (Å²) in [5.74, 6) is -0.593. The molecule has 0 heterocycles. The summed E-state index contributed by atoms with van der Waals surface area (Å²) in [4.78, 5) is 11.3. The van der Waals surface area contributed by atoms with E-state index in [1.54, 1.807) is 6.92 Å². The summed E-state index contributed by atoms with van der Waals surface area (Å²) in [5.41, 5.74) is 0.417. The van der Waals surface area contributed by atoms with Crippen LogP contribution in [0.1, 0.15) is 45.4 Å². The van der Waals surface area contributed by atoms with Crippen LogP contribution < -0.4 is 0 Å². The molecule has 0 aromatic heterocycles. The minimum absolute atomic E-state index is 0.250. The van der Waals surface area contributed by atoms with Gasteiger partial charge in [-0.3, -0.25) is 0 Å². The van der Waals surface area contributed by atoms with E-state index in [1.165, 1.54) is 0 Å². The Labute approximate surface area is 140 Å². The van der Waals surface area contributed by atoms with Gasteiger partial charge in [-0.05, 0) is 26.2 Å². The van der Waals surface area contributed by atoms with Gasteiger partial charge in [0.05, 0.1) is 30.8 Å². The molecule has 23 heavy (non-hydrogen) atoms. The summed E-state index contributed by atoms with van der Waals surface area (Å²) >= 11 is 0. The van der Waals surface area contributed by atoms with Gasteiger partial charge in [0.25, 0.3) is 0 Å². The van der Waals surface area contributed by atoms with Gasteiger partial charge in [-0.15, -0.1) is 0 Å². The van der Waals surface area contributed by atoms with Gasteiger partial charge in [-0.25, -0.2) is 13.2 Å². The second-order valence-corrected chi connectivity index (χ2v) is 8.21. The predicted molar refractivity (Wildman–Crippen MR) is 89.9 cm³/mol. The van der Waals surface area contributed by atoms with Crippen molar-refractivity contribution in [3.05, 3.63) is 12.2 Å². The Hall–Kier alpha value is -0.920. The third-order valence-electron chi connectivity index (χ3n) is 3.69. The van der Waals surface area contributed by atoms with Gasteiger partial charge in [-0.2, -0.15) is 0 Å². The van der Waals surface area contributed by atoms with Crippen molar-refractivity contribution in [1.29, 1.82) is 0 Å². The molecular weight excluding hydrogens is 318 g/mol. The molecule has 0 aliphatic rings. The van der Waals surface area contributed by atoms with Crippen LogP contribution in [0.25, 0.3) is 0 Å². The SMILES string of the molecule is C=C(C)C(=O)OCC[N+](C)(C)CCCCCCCCS(=O)(=O)[O-]. The van der Waals surface area contributed by atoms with E-state index < -0.39 is 10.1 Å². The first-order valence-corrected chi connectivity index (χ1v) is 9.69. The number of rotatable bonds is 13. The van der Waals surface area contributed by atoms with Crippen LogP contribution in [0.15, 0.2) is 12.2 Å². The van der Waals surface area contributed by atoms with Crippen molar-refractivity contribution in [3.63, 3.8) is 0 Å². The zero-order valence-electron chi connectivity index (χ0n) is 14.7. The minimum atomic E-state index is -4.06. The summed E-state index contributed by atoms with van der Waals surface area (Å²) in [6, 6.07) is 0. The van der Waals surface area contributed by atoms with E-state index in [4.69, 9.17) is 4.74 Å². The maximum Gasteiger partial charge on any atom is 0.333 e. The molecule has 0 saturated heterocycles. The van der Waals surface area contributed by atoms with Crippen LogP contribution >= 0.6 is 0 Å². The molecule has 0 aromatic rings. The molecule has 0 rings (SSSR count). The number of quaternary nitrogens is 1. The van der Waals surface area contributed by atoms with E-state index in [9.17, 15) is 17.8 Å². The molecule has 0 spiro atoms. The monoisotopic (exact) mass is 349 g/mol. The lowest BCUT2D eigenvalue weighted by molar-refractivity contribution is -0.890. The number of likely N-dealkylation sites (N-methyl/N-ethyl adjacent to an activating group) is 1. The van der Waals surface area contributed by atoms with Crippen molar-refractivity contribution in [2.45, 2.75) is 45.4 Å². The number of hydrogen-bond donors (Lipinski definition) is 0. The van der Waals surface area contributed by atoms with Crippen LogP contribution in [0.5, 0.6) is 0 Å². The van der Waals surface area contributed by atoms with E-state index in [0.717, 1.165) is 49.7 Å². The molecule has 0 aliphatic carbocycles. The topological polar surface area (TPSA) is 83.5 Å². The molecule has 0 radical (unpaired) electrons. The highest BCUT2D eigenvalue weighted by Gasteiger charge is 2.15. The van der Waals surface area contributed by atoms with E-state index in [-0.39, 0.29) is 11.7 Å².